The third-order valence-electron chi connectivity index (χ3n) is 16.8. The predicted octanol–water partition coefficient (Wildman–Crippen LogP) is 19.3. The lowest BCUT2D eigenvalue weighted by molar-refractivity contribution is 0.744. The molecule has 352 valence electrons. The van der Waals surface area contributed by atoms with Gasteiger partial charge in [-0.15, -0.1) is 11.3 Å². The van der Waals surface area contributed by atoms with Crippen LogP contribution in [0.25, 0.3) is 52.8 Å². The third kappa shape index (κ3) is 6.13. The van der Waals surface area contributed by atoms with Crippen LogP contribution < -0.4 is 9.80 Å². The zero-order valence-corrected chi connectivity index (χ0v) is 41.9. The normalized spacial score (nSPS) is 15.2. The van der Waals surface area contributed by atoms with Crippen LogP contribution in [-0.4, -0.2) is 0 Å². The molecular weight excluding hydrogens is 925 g/mol. The molecule has 3 heterocycles. The van der Waals surface area contributed by atoms with Crippen molar-refractivity contribution in [3.63, 3.8) is 0 Å². The molecule has 3 heteroatoms. The van der Waals surface area contributed by atoms with Gasteiger partial charge in [0.25, 0.3) is 0 Å². The van der Waals surface area contributed by atoms with E-state index in [0.29, 0.717) is 0 Å². The molecule has 75 heavy (non-hydrogen) atoms. The average Bonchev–Trinajstić information content (AvgIpc) is 4.19. The highest BCUT2D eigenvalue weighted by molar-refractivity contribution is 7.26. The topological polar surface area (TPSA) is 6.48 Å². The van der Waals surface area contributed by atoms with Gasteiger partial charge in [-0.25, -0.2) is 0 Å². The summed E-state index contributed by atoms with van der Waals surface area (Å²) in [5.41, 5.74) is 21.7. The van der Waals surface area contributed by atoms with E-state index in [0.717, 1.165) is 24.2 Å². The second-order valence-electron chi connectivity index (χ2n) is 20.6. The van der Waals surface area contributed by atoms with E-state index in [2.05, 4.69) is 271 Å². The molecule has 0 amide bonds. The Kier molecular flexibility index (Phi) is 9.34. The summed E-state index contributed by atoms with van der Waals surface area (Å²) in [6.07, 6.45) is 1.76. The van der Waals surface area contributed by atoms with Gasteiger partial charge in [0.1, 0.15) is 0 Å². The second kappa shape index (κ2) is 16.5. The molecule has 3 aliphatic rings. The Bertz CT molecular complexity index is 4400. The van der Waals surface area contributed by atoms with Crippen LogP contribution in [-0.2, 0) is 18.3 Å². The van der Waals surface area contributed by atoms with Crippen molar-refractivity contribution in [2.45, 2.75) is 24.2 Å². The monoisotopic (exact) mass is 972 g/mol. The molecule has 16 rings (SSSR count). The molecule has 0 saturated heterocycles. The minimum atomic E-state index is -0.486. The minimum Gasteiger partial charge on any atom is -0.309 e. The van der Waals surface area contributed by atoms with Crippen molar-refractivity contribution in [3.05, 3.63) is 311 Å². The molecule has 12 aromatic carbocycles. The Balaban J connectivity index is 0.896. The van der Waals surface area contributed by atoms with Crippen LogP contribution in [0.4, 0.5) is 34.1 Å². The summed E-state index contributed by atoms with van der Waals surface area (Å²) in [7, 11) is 0. The van der Waals surface area contributed by atoms with E-state index in [-0.39, 0.29) is 5.92 Å². The summed E-state index contributed by atoms with van der Waals surface area (Å²) in [5.74, 6) is 0.0929. The van der Waals surface area contributed by atoms with Crippen LogP contribution in [0.5, 0.6) is 0 Å². The number of hydrogen-bond donors (Lipinski definition) is 0. The van der Waals surface area contributed by atoms with Gasteiger partial charge in [0, 0.05) is 50.3 Å². The van der Waals surface area contributed by atoms with Crippen LogP contribution in [0.1, 0.15) is 56.0 Å². The molecule has 0 N–H and O–H groups in total. The van der Waals surface area contributed by atoms with Gasteiger partial charge in [-0.2, -0.15) is 0 Å². The molecule has 2 unspecified atom stereocenters. The molecule has 2 atom stereocenters. The summed E-state index contributed by atoms with van der Waals surface area (Å²) in [6, 6.07) is 98.2. The molecule has 0 bridgehead atoms. The molecule has 0 fully saturated rings. The predicted molar refractivity (Wildman–Crippen MR) is 316 cm³/mol. The Hall–Kier alpha value is -9.02. The number of rotatable bonds is 7. The van der Waals surface area contributed by atoms with E-state index in [1.807, 2.05) is 11.3 Å². The molecule has 1 spiro atoms. The van der Waals surface area contributed by atoms with E-state index in [1.54, 1.807) is 0 Å². The maximum atomic E-state index is 2.57. The first-order valence-electron chi connectivity index (χ1n) is 26.3. The fourth-order valence-electron chi connectivity index (χ4n) is 13.8. The molecule has 1 aliphatic carbocycles. The largest absolute Gasteiger partial charge is 0.309 e. The number of fused-ring (bicyclic) bond motifs is 17. The maximum Gasteiger partial charge on any atom is 0.0754 e. The lowest BCUT2D eigenvalue weighted by atomic mass is 9.63. The minimum absolute atomic E-state index is 0.0929. The van der Waals surface area contributed by atoms with Crippen LogP contribution >= 0.6 is 11.3 Å². The van der Waals surface area contributed by atoms with Crippen LogP contribution in [0.15, 0.2) is 261 Å². The Morgan fingerprint density at radius 2 is 1.05 bits per heavy atom. The molecule has 1 aromatic heterocycles. The Labute approximate surface area is 440 Å². The summed E-state index contributed by atoms with van der Waals surface area (Å²) in [5, 5.41) is 7.72. The zero-order valence-electron chi connectivity index (χ0n) is 41.1. The second-order valence-corrected chi connectivity index (χ2v) is 21.7. The quantitative estimate of drug-likeness (QED) is 0.157. The fourth-order valence-corrected chi connectivity index (χ4v) is 15.1. The van der Waals surface area contributed by atoms with Crippen molar-refractivity contribution in [3.8, 4) is 11.1 Å². The summed E-state index contributed by atoms with van der Waals surface area (Å²) in [6.45, 7) is 0. The van der Waals surface area contributed by atoms with E-state index < -0.39 is 5.41 Å². The lowest BCUT2D eigenvalue weighted by Gasteiger charge is -2.47. The van der Waals surface area contributed by atoms with Crippen LogP contribution in [0, 0.1) is 0 Å². The van der Waals surface area contributed by atoms with Crippen molar-refractivity contribution in [1.29, 1.82) is 0 Å². The number of nitrogens with zero attached hydrogens (tertiary/aromatic N) is 2. The van der Waals surface area contributed by atoms with Crippen molar-refractivity contribution in [2.24, 2.45) is 0 Å². The third-order valence-corrected chi connectivity index (χ3v) is 18.0. The highest BCUT2D eigenvalue weighted by Gasteiger charge is 2.53. The van der Waals surface area contributed by atoms with Crippen LogP contribution in [0.3, 0.4) is 0 Å². The van der Waals surface area contributed by atoms with Gasteiger partial charge < -0.3 is 9.80 Å². The highest BCUT2D eigenvalue weighted by Crippen LogP contribution is 2.65. The molecule has 2 aliphatic heterocycles. The smallest absolute Gasteiger partial charge is 0.0754 e. The van der Waals surface area contributed by atoms with Gasteiger partial charge in [0.05, 0.1) is 27.2 Å². The molecule has 2 nitrogen and oxygen atoms in total. The number of thiophene rings is 1. The molecular formula is C72H48N2S. The summed E-state index contributed by atoms with van der Waals surface area (Å²) >= 11 is 1.94. The summed E-state index contributed by atoms with van der Waals surface area (Å²) in [4.78, 5) is 5.03. The van der Waals surface area contributed by atoms with Gasteiger partial charge in [-0.05, 0) is 132 Å². The van der Waals surface area contributed by atoms with Gasteiger partial charge in [0.2, 0.25) is 0 Å². The van der Waals surface area contributed by atoms with Gasteiger partial charge in [-0.1, -0.05) is 212 Å². The van der Waals surface area contributed by atoms with Crippen molar-refractivity contribution < 1.29 is 0 Å². The van der Waals surface area contributed by atoms with E-state index in [9.17, 15) is 0 Å². The van der Waals surface area contributed by atoms with Crippen molar-refractivity contribution in [1.82, 2.24) is 0 Å². The standard InChI is InChI=1S/C72H48N2S/c1-4-21-46(22-5-1)58(48-39-40-62-59(42-48)56-32-15-16-34-61(56)72(62)63-35-17-19-38-66(63)74-65-37-18-11-24-49(65)41-50-25-20-36-64(72)69(50)74)44-51-45-67-68(57-33-14-13-30-54(51)57)60-43-47-23-10-12-31-55(47)70(71(60)75-67)73(52-26-6-2-7-27-52)53-28-8-3-9-29-53/h1-40,42-43,45,58H,41,44H2. The van der Waals surface area contributed by atoms with Crippen LogP contribution in [0.2, 0.25) is 0 Å². The number of anilines is 6. The van der Waals surface area contributed by atoms with E-state index in [4.69, 9.17) is 0 Å². The number of benzene rings is 12. The first-order valence-corrected chi connectivity index (χ1v) is 27.1. The molecule has 0 saturated carbocycles. The van der Waals surface area contributed by atoms with Gasteiger partial charge >= 0.3 is 0 Å². The highest BCUT2D eigenvalue weighted by atomic mass is 32.1. The average molecular weight is 973 g/mol. The van der Waals surface area contributed by atoms with E-state index in [1.165, 1.54) is 126 Å². The van der Waals surface area contributed by atoms with E-state index >= 15 is 0 Å². The fraction of sp³-hybridized carbons (Fsp3) is 0.0556. The van der Waals surface area contributed by atoms with Crippen molar-refractivity contribution in [2.75, 3.05) is 9.80 Å². The Morgan fingerprint density at radius 1 is 0.440 bits per heavy atom. The molecule has 13 aromatic rings. The Morgan fingerprint density at radius 3 is 1.85 bits per heavy atom. The first kappa shape index (κ1) is 42.5. The lowest BCUT2D eigenvalue weighted by Crippen LogP contribution is -2.38. The maximum absolute atomic E-state index is 2.57. The van der Waals surface area contributed by atoms with Crippen molar-refractivity contribution >= 4 is 87.2 Å². The number of hydrogen-bond acceptors (Lipinski definition) is 3. The summed E-state index contributed by atoms with van der Waals surface area (Å²) < 4.78 is 2.60. The van der Waals surface area contributed by atoms with Gasteiger partial charge in [-0.3, -0.25) is 0 Å². The molecule has 0 radical (unpaired) electrons. The first-order chi connectivity index (χ1) is 37.2. The number of para-hydroxylation sites is 5. The van der Waals surface area contributed by atoms with Gasteiger partial charge in [0.15, 0.2) is 0 Å². The SMILES string of the molecule is c1ccc(C(Cc2cc3sc4c(N(c5ccccc5)c5ccccc5)c5ccccc5cc4c3c3ccccc23)c2ccc3c(c2)-c2ccccc2C32c3ccccc3N3c4ccccc4Cc4cccc2c43)cc1. The zero-order chi connectivity index (χ0) is 49.2.